The highest BCUT2D eigenvalue weighted by atomic mass is 79.9. The first-order chi connectivity index (χ1) is 3.70. The van der Waals surface area contributed by atoms with Gasteiger partial charge in [-0.3, -0.25) is 0 Å². The fourth-order valence-electron chi connectivity index (χ4n) is 0.928. The summed E-state index contributed by atoms with van der Waals surface area (Å²) in [6.07, 6.45) is -0.167. The first-order valence-corrected chi connectivity index (χ1v) is 3.62. The van der Waals surface area contributed by atoms with Gasteiger partial charge in [0.1, 0.15) is 0 Å². The maximum Gasteiger partial charge on any atom is 0.0804 e. The number of rotatable bonds is 0. The van der Waals surface area contributed by atoms with E-state index < -0.39 is 0 Å². The maximum absolute atomic E-state index is 9.08. The van der Waals surface area contributed by atoms with E-state index in [1.807, 2.05) is 7.05 Å². The quantitative estimate of drug-likeness (QED) is 0.532. The summed E-state index contributed by atoms with van der Waals surface area (Å²) in [5.74, 6) is 0. The summed E-state index contributed by atoms with van der Waals surface area (Å²) >= 11 is 3.35. The van der Waals surface area contributed by atoms with Gasteiger partial charge in [-0.05, 0) is 7.05 Å². The van der Waals surface area contributed by atoms with Crippen LogP contribution in [0.1, 0.15) is 0 Å². The summed E-state index contributed by atoms with van der Waals surface area (Å²) in [5, 5.41) is 9.08. The molecule has 0 aromatic heterocycles. The average molecular weight is 180 g/mol. The molecule has 0 radical (unpaired) electrons. The highest BCUT2D eigenvalue weighted by Gasteiger charge is 2.25. The molecule has 0 unspecified atom stereocenters. The standard InChI is InChI=1S/C5H10BrNO/c1-7-2-4(6)5(8)3-7/h4-5,8H,2-3H2,1H3/t4-,5-/m0/s1. The van der Waals surface area contributed by atoms with Crippen LogP contribution in [0.15, 0.2) is 0 Å². The van der Waals surface area contributed by atoms with Crippen LogP contribution in [0.4, 0.5) is 0 Å². The van der Waals surface area contributed by atoms with Crippen LogP contribution in [-0.2, 0) is 0 Å². The number of hydrogen-bond acceptors (Lipinski definition) is 2. The minimum absolute atomic E-state index is 0.167. The average Bonchev–Trinajstić information content (AvgIpc) is 1.85. The fourth-order valence-corrected chi connectivity index (χ4v) is 1.59. The molecule has 8 heavy (non-hydrogen) atoms. The van der Waals surface area contributed by atoms with Gasteiger partial charge < -0.3 is 10.0 Å². The third kappa shape index (κ3) is 1.21. The van der Waals surface area contributed by atoms with Gasteiger partial charge in [0, 0.05) is 13.1 Å². The Labute approximate surface area is 57.6 Å². The Bertz CT molecular complexity index is 78.5. The molecular formula is C5H10BrNO. The fraction of sp³-hybridized carbons (Fsp3) is 1.00. The number of hydrogen-bond donors (Lipinski definition) is 1. The van der Waals surface area contributed by atoms with Gasteiger partial charge in [-0.15, -0.1) is 0 Å². The molecule has 0 amide bonds. The zero-order valence-electron chi connectivity index (χ0n) is 4.84. The van der Waals surface area contributed by atoms with E-state index in [2.05, 4.69) is 20.8 Å². The molecule has 2 nitrogen and oxygen atoms in total. The molecule has 1 saturated heterocycles. The van der Waals surface area contributed by atoms with Crippen LogP contribution in [0.25, 0.3) is 0 Å². The molecule has 1 N–H and O–H groups in total. The predicted octanol–water partition coefficient (Wildman–Crippen LogP) is 0.0562. The van der Waals surface area contributed by atoms with Crippen LogP contribution >= 0.6 is 15.9 Å². The van der Waals surface area contributed by atoms with Crippen molar-refractivity contribution in [1.82, 2.24) is 4.90 Å². The summed E-state index contributed by atoms with van der Waals surface area (Å²) in [4.78, 5) is 2.39. The molecule has 0 bridgehead atoms. The van der Waals surface area contributed by atoms with Crippen molar-refractivity contribution < 1.29 is 5.11 Å². The number of alkyl halides is 1. The summed E-state index contributed by atoms with van der Waals surface area (Å²) < 4.78 is 0. The zero-order chi connectivity index (χ0) is 6.15. The summed E-state index contributed by atoms with van der Waals surface area (Å²) in [7, 11) is 2.00. The lowest BCUT2D eigenvalue weighted by Gasteiger charge is -2.02. The normalized spacial score (nSPS) is 40.9. The predicted molar refractivity (Wildman–Crippen MR) is 36.2 cm³/mol. The SMILES string of the molecule is CN1C[C@H](O)[C@@H](Br)C1. The molecule has 1 rings (SSSR count). The van der Waals surface area contributed by atoms with E-state index in [0.29, 0.717) is 0 Å². The summed E-state index contributed by atoms with van der Waals surface area (Å²) in [6, 6.07) is 0. The molecule has 1 aliphatic heterocycles. The van der Waals surface area contributed by atoms with Crippen LogP contribution in [0.5, 0.6) is 0 Å². The highest BCUT2D eigenvalue weighted by Crippen LogP contribution is 2.14. The minimum atomic E-state index is -0.167. The molecule has 0 aromatic rings. The van der Waals surface area contributed by atoms with Crippen molar-refractivity contribution in [3.63, 3.8) is 0 Å². The van der Waals surface area contributed by atoms with E-state index in [9.17, 15) is 0 Å². The second-order valence-corrected chi connectivity index (χ2v) is 3.48. The van der Waals surface area contributed by atoms with Crippen molar-refractivity contribution in [3.8, 4) is 0 Å². The largest absolute Gasteiger partial charge is 0.391 e. The van der Waals surface area contributed by atoms with Crippen molar-refractivity contribution in [1.29, 1.82) is 0 Å². The Morgan fingerprint density at radius 1 is 1.62 bits per heavy atom. The van der Waals surface area contributed by atoms with E-state index in [-0.39, 0.29) is 10.9 Å². The van der Waals surface area contributed by atoms with Gasteiger partial charge in [0.05, 0.1) is 10.9 Å². The van der Waals surface area contributed by atoms with Crippen LogP contribution in [0, 0.1) is 0 Å². The molecule has 0 aromatic carbocycles. The molecular weight excluding hydrogens is 170 g/mol. The molecule has 0 aliphatic carbocycles. The Kier molecular flexibility index (Phi) is 1.90. The lowest BCUT2D eigenvalue weighted by Crippen LogP contribution is -2.17. The van der Waals surface area contributed by atoms with Crippen molar-refractivity contribution in [2.75, 3.05) is 20.1 Å². The monoisotopic (exact) mass is 179 g/mol. The van der Waals surface area contributed by atoms with Crippen molar-refractivity contribution in [2.45, 2.75) is 10.9 Å². The Balaban J connectivity index is 2.39. The van der Waals surface area contributed by atoms with Gasteiger partial charge in [0.25, 0.3) is 0 Å². The topological polar surface area (TPSA) is 23.5 Å². The van der Waals surface area contributed by atoms with Gasteiger partial charge in [0.15, 0.2) is 0 Å². The second kappa shape index (κ2) is 2.33. The van der Waals surface area contributed by atoms with E-state index in [1.54, 1.807) is 0 Å². The highest BCUT2D eigenvalue weighted by molar-refractivity contribution is 9.09. The van der Waals surface area contributed by atoms with Crippen molar-refractivity contribution >= 4 is 15.9 Å². The Morgan fingerprint density at radius 3 is 2.38 bits per heavy atom. The molecule has 0 spiro atoms. The van der Waals surface area contributed by atoms with Gasteiger partial charge in [-0.2, -0.15) is 0 Å². The summed E-state index contributed by atoms with van der Waals surface area (Å²) in [6.45, 7) is 1.76. The lowest BCUT2D eigenvalue weighted by molar-refractivity contribution is 0.187. The van der Waals surface area contributed by atoms with Gasteiger partial charge in [0.2, 0.25) is 0 Å². The molecule has 1 aliphatic rings. The van der Waals surface area contributed by atoms with Crippen LogP contribution in [0.2, 0.25) is 0 Å². The Morgan fingerprint density at radius 2 is 2.25 bits per heavy atom. The van der Waals surface area contributed by atoms with E-state index in [1.165, 1.54) is 0 Å². The first-order valence-electron chi connectivity index (χ1n) is 2.71. The molecule has 1 fully saturated rings. The number of halogens is 1. The molecule has 1 heterocycles. The molecule has 3 heteroatoms. The van der Waals surface area contributed by atoms with E-state index >= 15 is 0 Å². The van der Waals surface area contributed by atoms with Crippen LogP contribution < -0.4 is 0 Å². The van der Waals surface area contributed by atoms with Gasteiger partial charge in [-0.25, -0.2) is 0 Å². The smallest absolute Gasteiger partial charge is 0.0804 e. The van der Waals surface area contributed by atoms with E-state index in [0.717, 1.165) is 13.1 Å². The number of likely N-dealkylation sites (N-methyl/N-ethyl adjacent to an activating group) is 1. The Hall–Kier alpha value is 0.400. The second-order valence-electron chi connectivity index (χ2n) is 2.30. The molecule has 48 valence electrons. The minimum Gasteiger partial charge on any atom is -0.391 e. The third-order valence-electron chi connectivity index (χ3n) is 1.40. The van der Waals surface area contributed by atoms with Crippen molar-refractivity contribution in [3.05, 3.63) is 0 Å². The third-order valence-corrected chi connectivity index (χ3v) is 2.30. The van der Waals surface area contributed by atoms with E-state index in [4.69, 9.17) is 5.11 Å². The molecule has 0 saturated carbocycles. The maximum atomic E-state index is 9.08. The number of aliphatic hydroxyl groups excluding tert-OH is 1. The zero-order valence-corrected chi connectivity index (χ0v) is 6.43. The lowest BCUT2D eigenvalue weighted by atomic mass is 10.3. The number of nitrogens with zero attached hydrogens (tertiary/aromatic N) is 1. The van der Waals surface area contributed by atoms with Crippen LogP contribution in [0.3, 0.4) is 0 Å². The van der Waals surface area contributed by atoms with Crippen molar-refractivity contribution in [2.24, 2.45) is 0 Å². The van der Waals surface area contributed by atoms with Gasteiger partial charge >= 0.3 is 0 Å². The number of aliphatic hydroxyl groups is 1. The van der Waals surface area contributed by atoms with Gasteiger partial charge in [-0.1, -0.05) is 15.9 Å². The molecule has 2 atom stereocenters. The number of β-amino-alcohol motifs (C(OH)–C–C–N with tert-alkyl or cyclic N) is 1. The van der Waals surface area contributed by atoms with Crippen LogP contribution in [-0.4, -0.2) is 41.1 Å². The number of likely N-dealkylation sites (tertiary alicyclic amines) is 1. The summed E-state index contributed by atoms with van der Waals surface area (Å²) in [5.41, 5.74) is 0. The first kappa shape index (κ1) is 6.52.